The number of piperazine rings is 1. The van der Waals surface area contributed by atoms with E-state index in [4.69, 9.17) is 10.5 Å². The van der Waals surface area contributed by atoms with E-state index in [-0.39, 0.29) is 12.0 Å². The highest BCUT2D eigenvalue weighted by atomic mass is 16.6. The summed E-state index contributed by atoms with van der Waals surface area (Å²) >= 11 is 0. The first-order chi connectivity index (χ1) is 13.7. The van der Waals surface area contributed by atoms with Gasteiger partial charge in [0.15, 0.2) is 0 Å². The Morgan fingerprint density at radius 1 is 1.00 bits per heavy atom. The number of benzene rings is 1. The third-order valence-electron chi connectivity index (χ3n) is 5.67. The van der Waals surface area contributed by atoms with Gasteiger partial charge >= 0.3 is 6.09 Å². The second-order valence-corrected chi connectivity index (χ2v) is 9.11. The van der Waals surface area contributed by atoms with E-state index >= 15 is 0 Å². The Kier molecular flexibility index (Phi) is 6.67. The lowest BCUT2D eigenvalue weighted by atomic mass is 9.96. The van der Waals surface area contributed by atoms with Crippen LogP contribution in [0, 0.1) is 5.92 Å². The maximum atomic E-state index is 12.2. The number of carbonyl (C=O) groups excluding carboxylic acids is 2. The smallest absolute Gasteiger partial charge is 0.410 e. The van der Waals surface area contributed by atoms with Crippen molar-refractivity contribution in [2.24, 2.45) is 11.7 Å². The molecule has 160 valence electrons. The number of amides is 2. The van der Waals surface area contributed by atoms with Gasteiger partial charge < -0.3 is 20.3 Å². The highest BCUT2D eigenvalue weighted by Gasteiger charge is 2.28. The van der Waals surface area contributed by atoms with Gasteiger partial charge in [-0.1, -0.05) is 0 Å². The number of piperidine rings is 1. The summed E-state index contributed by atoms with van der Waals surface area (Å²) in [6.45, 7) is 12.4. The van der Waals surface area contributed by atoms with E-state index in [0.29, 0.717) is 11.5 Å². The number of nitrogens with zero attached hydrogens (tertiary/aromatic N) is 3. The molecule has 2 N–H and O–H groups in total. The van der Waals surface area contributed by atoms with Crippen molar-refractivity contribution in [3.8, 4) is 0 Å². The van der Waals surface area contributed by atoms with Crippen LogP contribution in [-0.4, -0.2) is 73.2 Å². The normalized spacial score (nSPS) is 19.3. The third-order valence-corrected chi connectivity index (χ3v) is 5.67. The minimum absolute atomic E-state index is 0.188. The number of ether oxygens (including phenoxy) is 1. The average molecular weight is 403 g/mol. The Balaban J connectivity index is 1.40. The molecule has 1 aromatic carbocycles. The van der Waals surface area contributed by atoms with Gasteiger partial charge in [-0.25, -0.2) is 4.79 Å². The highest BCUT2D eigenvalue weighted by Crippen LogP contribution is 2.22. The molecule has 7 heteroatoms. The highest BCUT2D eigenvalue weighted by molar-refractivity contribution is 5.93. The van der Waals surface area contributed by atoms with Crippen LogP contribution < -0.4 is 10.6 Å². The van der Waals surface area contributed by atoms with Crippen molar-refractivity contribution in [2.75, 3.05) is 50.7 Å². The summed E-state index contributed by atoms with van der Waals surface area (Å²) < 4.78 is 5.48. The van der Waals surface area contributed by atoms with Gasteiger partial charge in [-0.15, -0.1) is 0 Å². The molecule has 3 rings (SSSR count). The van der Waals surface area contributed by atoms with Crippen LogP contribution in [-0.2, 0) is 4.74 Å². The number of hydrogen-bond acceptors (Lipinski definition) is 5. The summed E-state index contributed by atoms with van der Waals surface area (Å²) in [7, 11) is 0. The van der Waals surface area contributed by atoms with E-state index in [0.717, 1.165) is 64.3 Å². The predicted octanol–water partition coefficient (Wildman–Crippen LogP) is 2.55. The lowest BCUT2D eigenvalue weighted by Gasteiger charge is -2.39. The fourth-order valence-corrected chi connectivity index (χ4v) is 4.01. The molecule has 0 atom stereocenters. The lowest BCUT2D eigenvalue weighted by molar-refractivity contribution is 0.0169. The van der Waals surface area contributed by atoms with E-state index in [1.165, 1.54) is 0 Å². The lowest BCUT2D eigenvalue weighted by Crippen LogP contribution is -2.49. The molecule has 2 aliphatic rings. The fraction of sp³-hybridized carbons (Fsp3) is 0.636. The molecule has 2 fully saturated rings. The molecule has 7 nitrogen and oxygen atoms in total. The number of primary amides is 1. The zero-order valence-corrected chi connectivity index (χ0v) is 17.9. The van der Waals surface area contributed by atoms with Crippen molar-refractivity contribution in [3.63, 3.8) is 0 Å². The van der Waals surface area contributed by atoms with Crippen LogP contribution in [0.5, 0.6) is 0 Å². The first kappa shape index (κ1) is 21.4. The summed E-state index contributed by atoms with van der Waals surface area (Å²) in [5.41, 5.74) is 6.56. The Bertz CT molecular complexity index is 698. The van der Waals surface area contributed by atoms with E-state index in [2.05, 4.69) is 9.80 Å². The van der Waals surface area contributed by atoms with Gasteiger partial charge in [0.1, 0.15) is 5.60 Å². The van der Waals surface area contributed by atoms with Crippen LogP contribution in [0.2, 0.25) is 0 Å². The number of carbonyl (C=O) groups is 2. The van der Waals surface area contributed by atoms with E-state index in [1.54, 1.807) is 12.1 Å². The monoisotopic (exact) mass is 402 g/mol. The maximum absolute atomic E-state index is 12.2. The summed E-state index contributed by atoms with van der Waals surface area (Å²) in [4.78, 5) is 30.1. The van der Waals surface area contributed by atoms with Crippen molar-refractivity contribution >= 4 is 17.7 Å². The Labute approximate surface area is 173 Å². The summed E-state index contributed by atoms with van der Waals surface area (Å²) in [5, 5.41) is 0. The average Bonchev–Trinajstić information content (AvgIpc) is 2.68. The molecule has 0 bridgehead atoms. The molecule has 0 aromatic heterocycles. The molecule has 2 heterocycles. The second kappa shape index (κ2) is 9.03. The van der Waals surface area contributed by atoms with Gasteiger partial charge in [0.2, 0.25) is 5.91 Å². The van der Waals surface area contributed by atoms with Gasteiger partial charge in [-0.2, -0.15) is 0 Å². The molecular weight excluding hydrogens is 368 g/mol. The van der Waals surface area contributed by atoms with Gasteiger partial charge in [0.25, 0.3) is 0 Å². The third kappa shape index (κ3) is 6.10. The number of nitrogens with two attached hydrogens (primary N) is 1. The number of likely N-dealkylation sites (tertiary alicyclic amines) is 1. The molecule has 0 spiro atoms. The maximum Gasteiger partial charge on any atom is 0.410 e. The molecule has 2 saturated heterocycles. The van der Waals surface area contributed by atoms with Crippen LogP contribution >= 0.6 is 0 Å². The van der Waals surface area contributed by atoms with Gasteiger partial charge in [0.05, 0.1) is 0 Å². The van der Waals surface area contributed by atoms with Gasteiger partial charge in [-0.3, -0.25) is 9.69 Å². The Hall–Kier alpha value is -2.28. The number of anilines is 1. The largest absolute Gasteiger partial charge is 0.444 e. The van der Waals surface area contributed by atoms with Crippen LogP contribution in [0.3, 0.4) is 0 Å². The molecular formula is C22H34N4O3. The van der Waals surface area contributed by atoms with Crippen molar-refractivity contribution in [1.82, 2.24) is 9.80 Å². The first-order valence-corrected chi connectivity index (χ1v) is 10.6. The molecule has 0 saturated carbocycles. The van der Waals surface area contributed by atoms with Gasteiger partial charge in [0, 0.05) is 57.1 Å². The SMILES string of the molecule is CC(C)(C)OC(=O)N1CCC(CN2CCN(c3ccc(C(N)=O)cc3)CC2)CC1. The zero-order chi connectivity index (χ0) is 21.0. The summed E-state index contributed by atoms with van der Waals surface area (Å²) in [6.07, 6.45) is 1.88. The second-order valence-electron chi connectivity index (χ2n) is 9.11. The van der Waals surface area contributed by atoms with Crippen LogP contribution in [0.4, 0.5) is 10.5 Å². The predicted molar refractivity (Wildman–Crippen MR) is 114 cm³/mol. The standard InChI is InChI=1S/C22H34N4O3/c1-22(2,3)29-21(28)26-10-8-17(9-11-26)16-24-12-14-25(15-13-24)19-6-4-18(5-7-19)20(23)27/h4-7,17H,8-16H2,1-3H3,(H2,23,27). The molecule has 2 aliphatic heterocycles. The Morgan fingerprint density at radius 3 is 2.10 bits per heavy atom. The van der Waals surface area contributed by atoms with Crippen LogP contribution in [0.15, 0.2) is 24.3 Å². The van der Waals surface area contributed by atoms with E-state index in [1.807, 2.05) is 37.8 Å². The first-order valence-electron chi connectivity index (χ1n) is 10.6. The van der Waals surface area contributed by atoms with Crippen molar-refractivity contribution < 1.29 is 14.3 Å². The fourth-order valence-electron chi connectivity index (χ4n) is 4.01. The minimum atomic E-state index is -0.437. The molecule has 0 aliphatic carbocycles. The van der Waals surface area contributed by atoms with Crippen LogP contribution in [0.1, 0.15) is 44.0 Å². The Morgan fingerprint density at radius 2 is 1.59 bits per heavy atom. The topological polar surface area (TPSA) is 79.1 Å². The summed E-state index contributed by atoms with van der Waals surface area (Å²) in [5.74, 6) is 0.245. The van der Waals surface area contributed by atoms with Crippen molar-refractivity contribution in [1.29, 1.82) is 0 Å². The quantitative estimate of drug-likeness (QED) is 0.837. The molecule has 29 heavy (non-hydrogen) atoms. The van der Waals surface area contributed by atoms with E-state index < -0.39 is 5.60 Å². The van der Waals surface area contributed by atoms with Crippen LogP contribution in [0.25, 0.3) is 0 Å². The molecule has 0 radical (unpaired) electrons. The van der Waals surface area contributed by atoms with Gasteiger partial charge in [-0.05, 0) is 63.8 Å². The van der Waals surface area contributed by atoms with Crippen molar-refractivity contribution in [3.05, 3.63) is 29.8 Å². The number of rotatable bonds is 4. The molecule has 2 amide bonds. The van der Waals surface area contributed by atoms with E-state index in [9.17, 15) is 9.59 Å². The summed E-state index contributed by atoms with van der Waals surface area (Å²) in [6, 6.07) is 7.54. The van der Waals surface area contributed by atoms with Crippen molar-refractivity contribution in [2.45, 2.75) is 39.2 Å². The minimum Gasteiger partial charge on any atom is -0.444 e. The molecule has 0 unspecified atom stereocenters. The zero-order valence-electron chi connectivity index (χ0n) is 17.9. The molecule has 1 aromatic rings. The number of hydrogen-bond donors (Lipinski definition) is 1.